The number of aryl methyl sites for hydroxylation is 2. The number of hydrogen-bond acceptors (Lipinski definition) is 3. The zero-order chi connectivity index (χ0) is 17.8. The zero-order valence-electron chi connectivity index (χ0n) is 14.6. The summed E-state index contributed by atoms with van der Waals surface area (Å²) >= 11 is 0. The Labute approximate surface area is 147 Å². The molecule has 0 saturated carbocycles. The molecule has 5 nitrogen and oxygen atoms in total. The molecule has 0 aliphatic heterocycles. The van der Waals surface area contributed by atoms with Gasteiger partial charge >= 0.3 is 0 Å². The monoisotopic (exact) mass is 335 g/mol. The number of aromatic nitrogens is 2. The Bertz CT molecular complexity index is 899. The van der Waals surface area contributed by atoms with E-state index in [0.29, 0.717) is 12.2 Å². The minimum atomic E-state index is -0.187. The van der Waals surface area contributed by atoms with Crippen LogP contribution in [0.2, 0.25) is 0 Å². The Morgan fingerprint density at radius 1 is 1.16 bits per heavy atom. The maximum absolute atomic E-state index is 12.4. The molecule has 1 N–H and O–H groups in total. The SMILES string of the molecule is COc1cccc(-c2cc(C(=O)NCc3ccccc3C)nn2C)c1. The molecule has 0 aliphatic carbocycles. The molecule has 1 amide bonds. The summed E-state index contributed by atoms with van der Waals surface area (Å²) in [5.41, 5.74) is 4.46. The van der Waals surface area contributed by atoms with Crippen LogP contribution in [0.1, 0.15) is 21.6 Å². The summed E-state index contributed by atoms with van der Waals surface area (Å²) in [5.74, 6) is 0.581. The Hall–Kier alpha value is -3.08. The van der Waals surface area contributed by atoms with Crippen molar-refractivity contribution in [2.24, 2.45) is 7.05 Å². The van der Waals surface area contributed by atoms with Crippen LogP contribution in [0.4, 0.5) is 0 Å². The van der Waals surface area contributed by atoms with Gasteiger partial charge in [0.1, 0.15) is 5.75 Å². The lowest BCUT2D eigenvalue weighted by Crippen LogP contribution is -2.23. The number of rotatable bonds is 5. The van der Waals surface area contributed by atoms with Gasteiger partial charge in [-0.3, -0.25) is 9.48 Å². The van der Waals surface area contributed by atoms with Crippen LogP contribution in [0.25, 0.3) is 11.3 Å². The number of nitrogens with one attached hydrogen (secondary N) is 1. The van der Waals surface area contributed by atoms with E-state index in [2.05, 4.69) is 10.4 Å². The van der Waals surface area contributed by atoms with Crippen molar-refractivity contribution in [1.29, 1.82) is 0 Å². The third-order valence-corrected chi connectivity index (χ3v) is 4.18. The first-order chi connectivity index (χ1) is 12.1. The number of hydrogen-bond donors (Lipinski definition) is 1. The highest BCUT2D eigenvalue weighted by molar-refractivity contribution is 5.93. The van der Waals surface area contributed by atoms with Gasteiger partial charge in [0.15, 0.2) is 5.69 Å². The second-order valence-electron chi connectivity index (χ2n) is 5.88. The minimum absolute atomic E-state index is 0.187. The van der Waals surface area contributed by atoms with Crippen LogP contribution >= 0.6 is 0 Å². The number of ether oxygens (including phenoxy) is 1. The summed E-state index contributed by atoms with van der Waals surface area (Å²) in [6, 6.07) is 17.5. The Balaban J connectivity index is 1.77. The molecule has 0 saturated heterocycles. The van der Waals surface area contributed by atoms with Gasteiger partial charge in [0.05, 0.1) is 12.8 Å². The van der Waals surface area contributed by atoms with E-state index in [1.54, 1.807) is 17.9 Å². The highest BCUT2D eigenvalue weighted by atomic mass is 16.5. The summed E-state index contributed by atoms with van der Waals surface area (Å²) in [7, 11) is 3.46. The molecule has 0 radical (unpaired) electrons. The average molecular weight is 335 g/mol. The largest absolute Gasteiger partial charge is 0.497 e. The van der Waals surface area contributed by atoms with Gasteiger partial charge in [0, 0.05) is 19.2 Å². The van der Waals surface area contributed by atoms with Crippen LogP contribution in [-0.2, 0) is 13.6 Å². The highest BCUT2D eigenvalue weighted by Crippen LogP contribution is 2.24. The third-order valence-electron chi connectivity index (χ3n) is 4.18. The van der Waals surface area contributed by atoms with Gasteiger partial charge in [-0.2, -0.15) is 5.10 Å². The Kier molecular flexibility index (Phi) is 4.84. The van der Waals surface area contributed by atoms with Gasteiger partial charge in [0.2, 0.25) is 0 Å². The molecule has 2 aromatic carbocycles. The first-order valence-corrected chi connectivity index (χ1v) is 8.09. The molecule has 0 bridgehead atoms. The third kappa shape index (κ3) is 3.71. The van der Waals surface area contributed by atoms with E-state index >= 15 is 0 Å². The van der Waals surface area contributed by atoms with Crippen LogP contribution < -0.4 is 10.1 Å². The van der Waals surface area contributed by atoms with E-state index < -0.39 is 0 Å². The molecule has 5 heteroatoms. The molecular weight excluding hydrogens is 314 g/mol. The predicted octanol–water partition coefficient (Wildman–Crippen LogP) is 3.33. The summed E-state index contributed by atoms with van der Waals surface area (Å²) in [6.07, 6.45) is 0. The highest BCUT2D eigenvalue weighted by Gasteiger charge is 2.14. The van der Waals surface area contributed by atoms with Crippen LogP contribution in [0.3, 0.4) is 0 Å². The van der Waals surface area contributed by atoms with Gasteiger partial charge in [-0.25, -0.2) is 0 Å². The van der Waals surface area contributed by atoms with E-state index in [1.807, 2.05) is 62.5 Å². The second kappa shape index (κ2) is 7.21. The van der Waals surface area contributed by atoms with Crippen molar-refractivity contribution in [3.05, 3.63) is 71.4 Å². The van der Waals surface area contributed by atoms with Crippen molar-refractivity contribution in [2.75, 3.05) is 7.11 Å². The fraction of sp³-hybridized carbons (Fsp3) is 0.200. The standard InChI is InChI=1S/C20H21N3O2/c1-14-7-4-5-8-16(14)13-21-20(24)18-12-19(23(2)22-18)15-9-6-10-17(11-15)25-3/h4-12H,13H2,1-3H3,(H,21,24). The van der Waals surface area contributed by atoms with E-state index in [4.69, 9.17) is 4.74 Å². The summed E-state index contributed by atoms with van der Waals surface area (Å²) in [5, 5.41) is 7.27. The lowest BCUT2D eigenvalue weighted by Gasteiger charge is -2.06. The normalized spacial score (nSPS) is 10.5. The summed E-state index contributed by atoms with van der Waals surface area (Å²) < 4.78 is 6.97. The van der Waals surface area contributed by atoms with Crippen LogP contribution in [0.15, 0.2) is 54.6 Å². The molecule has 3 aromatic rings. The lowest BCUT2D eigenvalue weighted by atomic mass is 10.1. The molecule has 0 spiro atoms. The molecule has 3 rings (SSSR count). The fourth-order valence-corrected chi connectivity index (χ4v) is 2.71. The molecule has 1 aromatic heterocycles. The van der Waals surface area contributed by atoms with Crippen molar-refractivity contribution in [3.8, 4) is 17.0 Å². The van der Waals surface area contributed by atoms with Crippen molar-refractivity contribution < 1.29 is 9.53 Å². The topological polar surface area (TPSA) is 56.1 Å². The Morgan fingerprint density at radius 2 is 1.96 bits per heavy atom. The number of nitrogens with zero attached hydrogens (tertiary/aromatic N) is 2. The number of benzene rings is 2. The van der Waals surface area contributed by atoms with E-state index in [9.17, 15) is 4.79 Å². The van der Waals surface area contributed by atoms with Gasteiger partial charge in [-0.15, -0.1) is 0 Å². The Morgan fingerprint density at radius 3 is 2.72 bits per heavy atom. The summed E-state index contributed by atoms with van der Waals surface area (Å²) in [4.78, 5) is 12.4. The number of methoxy groups -OCH3 is 1. The van der Waals surface area contributed by atoms with Gasteiger partial charge in [0.25, 0.3) is 5.91 Å². The van der Waals surface area contributed by atoms with Gasteiger partial charge in [-0.05, 0) is 36.2 Å². The van der Waals surface area contributed by atoms with Crippen LogP contribution in [-0.4, -0.2) is 22.8 Å². The summed E-state index contributed by atoms with van der Waals surface area (Å²) in [6.45, 7) is 2.51. The van der Waals surface area contributed by atoms with Crippen molar-refractivity contribution in [3.63, 3.8) is 0 Å². The smallest absolute Gasteiger partial charge is 0.272 e. The molecule has 25 heavy (non-hydrogen) atoms. The number of amides is 1. The molecular formula is C20H21N3O2. The zero-order valence-corrected chi connectivity index (χ0v) is 14.6. The molecule has 0 fully saturated rings. The van der Waals surface area contributed by atoms with Crippen LogP contribution in [0, 0.1) is 6.92 Å². The molecule has 0 aliphatic rings. The number of carbonyl (C=O) groups excluding carboxylic acids is 1. The van der Waals surface area contributed by atoms with E-state index in [-0.39, 0.29) is 5.91 Å². The molecule has 0 unspecified atom stereocenters. The molecule has 128 valence electrons. The minimum Gasteiger partial charge on any atom is -0.497 e. The van der Waals surface area contributed by atoms with Crippen LogP contribution in [0.5, 0.6) is 5.75 Å². The first kappa shape index (κ1) is 16.8. The molecule has 1 heterocycles. The first-order valence-electron chi connectivity index (χ1n) is 8.09. The maximum atomic E-state index is 12.4. The van der Waals surface area contributed by atoms with E-state index in [0.717, 1.165) is 28.1 Å². The van der Waals surface area contributed by atoms with Gasteiger partial charge in [-0.1, -0.05) is 36.4 Å². The van der Waals surface area contributed by atoms with E-state index in [1.165, 1.54) is 0 Å². The maximum Gasteiger partial charge on any atom is 0.272 e. The quantitative estimate of drug-likeness (QED) is 0.778. The van der Waals surface area contributed by atoms with Crippen molar-refractivity contribution in [2.45, 2.75) is 13.5 Å². The average Bonchev–Trinajstić information content (AvgIpc) is 3.03. The second-order valence-corrected chi connectivity index (χ2v) is 5.88. The molecule has 0 atom stereocenters. The van der Waals surface area contributed by atoms with Gasteiger partial charge < -0.3 is 10.1 Å². The fourth-order valence-electron chi connectivity index (χ4n) is 2.71. The van der Waals surface area contributed by atoms with Crippen molar-refractivity contribution in [1.82, 2.24) is 15.1 Å². The van der Waals surface area contributed by atoms with Crippen molar-refractivity contribution >= 4 is 5.91 Å². The lowest BCUT2D eigenvalue weighted by molar-refractivity contribution is 0.0945. The number of carbonyl (C=O) groups is 1. The predicted molar refractivity (Wildman–Crippen MR) is 97.5 cm³/mol.